The first-order chi connectivity index (χ1) is 12.9. The summed E-state index contributed by atoms with van der Waals surface area (Å²) in [5.74, 6) is -0.374. The molecule has 0 heterocycles. The van der Waals surface area contributed by atoms with E-state index in [4.69, 9.17) is 4.74 Å². The fraction of sp³-hybridized carbons (Fsp3) is 0.500. The average Bonchev–Trinajstić information content (AvgIpc) is 2.61. The monoisotopic (exact) mass is 366 g/mol. The summed E-state index contributed by atoms with van der Waals surface area (Å²) in [6.45, 7) is 8.64. The maximum Gasteiger partial charge on any atom is 0.317 e. The van der Waals surface area contributed by atoms with Crippen LogP contribution in [0.15, 0.2) is 54.1 Å². The van der Waals surface area contributed by atoms with E-state index in [1.165, 1.54) is 5.57 Å². The van der Waals surface area contributed by atoms with Crippen molar-refractivity contribution in [3.63, 3.8) is 0 Å². The molecule has 0 fully saturated rings. The molecular weight excluding hydrogens is 336 g/mol. The van der Waals surface area contributed by atoms with Crippen LogP contribution in [0.1, 0.15) is 50.9 Å². The Morgan fingerprint density at radius 1 is 1.26 bits per heavy atom. The Balaban J connectivity index is 1.80. The number of hydrogen-bond acceptors (Lipinski definition) is 3. The first kappa shape index (κ1) is 19.6. The van der Waals surface area contributed by atoms with Crippen LogP contribution in [-0.4, -0.2) is 18.4 Å². The van der Waals surface area contributed by atoms with Crippen molar-refractivity contribution in [2.45, 2.75) is 40.5 Å². The van der Waals surface area contributed by atoms with Gasteiger partial charge in [-0.3, -0.25) is 9.59 Å². The standard InChI is InChI=1S/C24H30O3/c1-5-27-23(26)20(22(25)18-11-7-6-8-12-18)17(3)14-19-15-24(4)13-9-10-16(2)21(19)24/h6-12,15-17,20-21H,5,13-14H2,1-4H3. The quantitative estimate of drug-likeness (QED) is 0.287. The van der Waals surface area contributed by atoms with E-state index >= 15 is 0 Å². The molecule has 0 bridgehead atoms. The third-order valence-electron chi connectivity index (χ3n) is 6.16. The number of esters is 1. The summed E-state index contributed by atoms with van der Waals surface area (Å²) in [6, 6.07) is 9.08. The number of rotatable bonds is 7. The Morgan fingerprint density at radius 2 is 1.96 bits per heavy atom. The zero-order valence-electron chi connectivity index (χ0n) is 16.8. The predicted octanol–water partition coefficient (Wildman–Crippen LogP) is 5.23. The lowest BCUT2D eigenvalue weighted by Crippen LogP contribution is -2.42. The molecule has 5 atom stereocenters. The molecule has 0 spiro atoms. The second-order valence-electron chi connectivity index (χ2n) is 8.34. The van der Waals surface area contributed by atoms with Crippen LogP contribution in [0.5, 0.6) is 0 Å². The SMILES string of the molecule is CCOC(=O)C(C(=O)c1ccccc1)C(C)CC1=CC2(C)CC=CC(C)C12. The van der Waals surface area contributed by atoms with E-state index in [0.29, 0.717) is 17.4 Å². The molecule has 0 saturated heterocycles. The Kier molecular flexibility index (Phi) is 5.69. The zero-order valence-corrected chi connectivity index (χ0v) is 16.8. The molecule has 0 aromatic heterocycles. The van der Waals surface area contributed by atoms with Gasteiger partial charge in [0.05, 0.1) is 6.61 Å². The number of benzene rings is 1. The van der Waals surface area contributed by atoms with Gasteiger partial charge in [-0.25, -0.2) is 0 Å². The number of carbonyl (C=O) groups is 2. The summed E-state index contributed by atoms with van der Waals surface area (Å²) in [5, 5.41) is 0. The van der Waals surface area contributed by atoms with Crippen LogP contribution >= 0.6 is 0 Å². The fourth-order valence-electron chi connectivity index (χ4n) is 4.99. The summed E-state index contributed by atoms with van der Waals surface area (Å²) in [5.41, 5.74) is 2.19. The lowest BCUT2D eigenvalue weighted by atomic mass is 9.53. The van der Waals surface area contributed by atoms with E-state index in [9.17, 15) is 9.59 Å². The highest BCUT2D eigenvalue weighted by Crippen LogP contribution is 2.55. The van der Waals surface area contributed by atoms with Gasteiger partial charge >= 0.3 is 5.97 Å². The van der Waals surface area contributed by atoms with Crippen molar-refractivity contribution in [2.75, 3.05) is 6.61 Å². The van der Waals surface area contributed by atoms with E-state index in [2.05, 4.69) is 32.1 Å². The van der Waals surface area contributed by atoms with Crippen LogP contribution in [0, 0.1) is 29.1 Å². The first-order valence-corrected chi connectivity index (χ1v) is 10.0. The van der Waals surface area contributed by atoms with E-state index in [1.54, 1.807) is 19.1 Å². The molecule has 3 rings (SSSR count). The van der Waals surface area contributed by atoms with Gasteiger partial charge in [-0.1, -0.05) is 74.9 Å². The third kappa shape index (κ3) is 3.78. The first-order valence-electron chi connectivity index (χ1n) is 10.0. The van der Waals surface area contributed by atoms with Crippen molar-refractivity contribution < 1.29 is 14.3 Å². The highest BCUT2D eigenvalue weighted by molar-refractivity contribution is 6.08. The van der Waals surface area contributed by atoms with Gasteiger partial charge in [0.15, 0.2) is 5.78 Å². The molecule has 3 nitrogen and oxygen atoms in total. The van der Waals surface area contributed by atoms with Crippen LogP contribution < -0.4 is 0 Å². The lowest BCUT2D eigenvalue weighted by Gasteiger charge is -2.51. The van der Waals surface area contributed by atoms with Crippen LogP contribution in [0.2, 0.25) is 0 Å². The number of allylic oxidation sites excluding steroid dienone is 4. The zero-order chi connectivity index (χ0) is 19.6. The molecule has 1 aromatic carbocycles. The van der Waals surface area contributed by atoms with E-state index < -0.39 is 11.9 Å². The number of ether oxygens (including phenoxy) is 1. The molecule has 1 aromatic rings. The molecule has 0 amide bonds. The number of hydrogen-bond donors (Lipinski definition) is 0. The maximum absolute atomic E-state index is 13.1. The summed E-state index contributed by atoms with van der Waals surface area (Å²) < 4.78 is 5.26. The molecule has 5 unspecified atom stereocenters. The summed E-state index contributed by atoms with van der Waals surface area (Å²) in [4.78, 5) is 25.7. The highest BCUT2D eigenvalue weighted by Gasteiger charge is 2.47. The van der Waals surface area contributed by atoms with Crippen molar-refractivity contribution in [3.8, 4) is 0 Å². The topological polar surface area (TPSA) is 43.4 Å². The van der Waals surface area contributed by atoms with E-state index in [1.807, 2.05) is 25.1 Å². The van der Waals surface area contributed by atoms with Gasteiger partial charge in [0.1, 0.15) is 5.92 Å². The van der Waals surface area contributed by atoms with Gasteiger partial charge in [-0.2, -0.15) is 0 Å². The molecule has 2 aliphatic rings. The van der Waals surface area contributed by atoms with Crippen molar-refractivity contribution in [3.05, 3.63) is 59.7 Å². The second kappa shape index (κ2) is 7.84. The summed E-state index contributed by atoms with van der Waals surface area (Å²) in [7, 11) is 0. The predicted molar refractivity (Wildman–Crippen MR) is 107 cm³/mol. The largest absolute Gasteiger partial charge is 0.465 e. The fourth-order valence-corrected chi connectivity index (χ4v) is 4.99. The number of carbonyl (C=O) groups excluding carboxylic acids is 2. The molecule has 0 N–H and O–H groups in total. The Labute approximate surface area is 162 Å². The summed E-state index contributed by atoms with van der Waals surface area (Å²) in [6.07, 6.45) is 8.77. The minimum atomic E-state index is -0.755. The highest BCUT2D eigenvalue weighted by atomic mass is 16.5. The van der Waals surface area contributed by atoms with Crippen LogP contribution in [0.4, 0.5) is 0 Å². The Morgan fingerprint density at radius 3 is 2.59 bits per heavy atom. The van der Waals surface area contributed by atoms with Gasteiger partial charge in [0, 0.05) is 5.56 Å². The number of ketones is 1. The Hall–Kier alpha value is -2.16. The van der Waals surface area contributed by atoms with E-state index in [0.717, 1.165) is 12.8 Å². The van der Waals surface area contributed by atoms with Crippen molar-refractivity contribution in [1.29, 1.82) is 0 Å². The minimum absolute atomic E-state index is 0.0920. The van der Waals surface area contributed by atoms with Gasteiger partial charge in [0.25, 0.3) is 0 Å². The molecule has 144 valence electrons. The average molecular weight is 367 g/mol. The van der Waals surface area contributed by atoms with Gasteiger partial charge in [0.2, 0.25) is 0 Å². The minimum Gasteiger partial charge on any atom is -0.465 e. The molecule has 27 heavy (non-hydrogen) atoms. The second-order valence-corrected chi connectivity index (χ2v) is 8.34. The number of Topliss-reactive ketones (excluding diaryl/α,β-unsaturated/α-hetero) is 1. The van der Waals surface area contributed by atoms with Crippen LogP contribution in [0.3, 0.4) is 0 Å². The van der Waals surface area contributed by atoms with Crippen LogP contribution in [0.25, 0.3) is 0 Å². The van der Waals surface area contributed by atoms with Crippen LogP contribution in [-0.2, 0) is 9.53 Å². The van der Waals surface area contributed by atoms with Gasteiger partial charge in [-0.05, 0) is 42.9 Å². The molecule has 0 saturated carbocycles. The third-order valence-corrected chi connectivity index (χ3v) is 6.16. The molecule has 0 radical (unpaired) electrons. The van der Waals surface area contributed by atoms with Gasteiger partial charge < -0.3 is 4.74 Å². The number of fused-ring (bicyclic) bond motifs is 1. The van der Waals surface area contributed by atoms with Crippen molar-refractivity contribution >= 4 is 11.8 Å². The molecule has 0 aliphatic heterocycles. The molecule has 3 heteroatoms. The van der Waals surface area contributed by atoms with Crippen molar-refractivity contribution in [2.24, 2.45) is 29.1 Å². The smallest absolute Gasteiger partial charge is 0.317 e. The van der Waals surface area contributed by atoms with E-state index in [-0.39, 0.29) is 23.7 Å². The molecular formula is C24H30O3. The summed E-state index contributed by atoms with van der Waals surface area (Å²) >= 11 is 0. The lowest BCUT2D eigenvalue weighted by molar-refractivity contribution is -0.147. The normalized spacial score (nSPS) is 28.4. The van der Waals surface area contributed by atoms with Crippen molar-refractivity contribution in [1.82, 2.24) is 0 Å². The molecule has 2 aliphatic carbocycles. The van der Waals surface area contributed by atoms with Gasteiger partial charge in [-0.15, -0.1) is 0 Å². The Bertz CT molecular complexity index is 761. The maximum atomic E-state index is 13.1.